The van der Waals surface area contributed by atoms with E-state index < -0.39 is 5.97 Å². The molecular weight excluding hydrogens is 258 g/mol. The van der Waals surface area contributed by atoms with Crippen molar-refractivity contribution in [3.05, 3.63) is 53.9 Å². The molecule has 1 amide bonds. The fourth-order valence-corrected chi connectivity index (χ4v) is 1.86. The maximum absolute atomic E-state index is 11.8. The zero-order valence-corrected chi connectivity index (χ0v) is 10.8. The lowest BCUT2D eigenvalue weighted by Gasteiger charge is -2.07. The molecule has 6 nitrogen and oxygen atoms in total. The highest BCUT2D eigenvalue weighted by molar-refractivity contribution is 5.91. The minimum absolute atomic E-state index is 0.0571. The molecule has 2 rings (SSSR count). The largest absolute Gasteiger partial charge is 0.478 e. The molecule has 0 atom stereocenters. The van der Waals surface area contributed by atoms with Gasteiger partial charge in [0.1, 0.15) is 0 Å². The number of benzene rings is 1. The fraction of sp³-hybridized carbons (Fsp3) is 0.214. The predicted octanol–water partition coefficient (Wildman–Crippen LogP) is 0.940. The lowest BCUT2D eigenvalue weighted by Crippen LogP contribution is -2.29. The average molecular weight is 273 g/mol. The zero-order valence-electron chi connectivity index (χ0n) is 10.8. The van der Waals surface area contributed by atoms with Crippen LogP contribution < -0.4 is 5.32 Å². The van der Waals surface area contributed by atoms with Crippen molar-refractivity contribution in [2.45, 2.75) is 13.0 Å². The number of carbonyl (C=O) groups is 2. The first kappa shape index (κ1) is 13.8. The molecule has 0 unspecified atom stereocenters. The number of aromatic carboxylic acids is 1. The summed E-state index contributed by atoms with van der Waals surface area (Å²) in [4.78, 5) is 22.8. The summed E-state index contributed by atoms with van der Waals surface area (Å²) in [6.07, 6.45) is 3.54. The monoisotopic (exact) mass is 273 g/mol. The first-order valence-electron chi connectivity index (χ1n) is 6.22. The molecular formula is C14H15N3O3. The van der Waals surface area contributed by atoms with Gasteiger partial charge in [0.25, 0.3) is 0 Å². The minimum atomic E-state index is -1.02. The molecule has 0 aliphatic heterocycles. The van der Waals surface area contributed by atoms with Gasteiger partial charge in [0, 0.05) is 18.9 Å². The third-order valence-corrected chi connectivity index (χ3v) is 2.82. The summed E-state index contributed by atoms with van der Waals surface area (Å²) in [6, 6.07) is 8.32. The maximum atomic E-state index is 11.8. The van der Waals surface area contributed by atoms with Crippen molar-refractivity contribution in [2.75, 3.05) is 6.54 Å². The maximum Gasteiger partial charge on any atom is 0.335 e. The van der Waals surface area contributed by atoms with E-state index in [0.717, 1.165) is 0 Å². The lowest BCUT2D eigenvalue weighted by molar-refractivity contribution is -0.120. The predicted molar refractivity (Wildman–Crippen MR) is 72.3 cm³/mol. The van der Waals surface area contributed by atoms with E-state index in [9.17, 15) is 9.59 Å². The molecule has 2 aromatic rings. The molecule has 0 saturated heterocycles. The van der Waals surface area contributed by atoms with Crippen LogP contribution in [0, 0.1) is 0 Å². The number of aromatic nitrogens is 2. The Kier molecular flexibility index (Phi) is 4.49. The summed E-state index contributed by atoms with van der Waals surface area (Å²) in [5.41, 5.74) is 0.673. The van der Waals surface area contributed by atoms with Crippen molar-refractivity contribution in [3.8, 4) is 0 Å². The summed E-state index contributed by atoms with van der Waals surface area (Å²) in [7, 11) is 0. The van der Waals surface area contributed by atoms with Crippen LogP contribution in [0.5, 0.6) is 0 Å². The van der Waals surface area contributed by atoms with Gasteiger partial charge in [0.05, 0.1) is 18.5 Å². The van der Waals surface area contributed by atoms with Crippen molar-refractivity contribution in [1.82, 2.24) is 15.1 Å². The second kappa shape index (κ2) is 6.51. The number of carboxylic acid groups (broad SMARTS) is 1. The topological polar surface area (TPSA) is 84.2 Å². The Balaban J connectivity index is 1.87. The molecule has 0 fully saturated rings. The van der Waals surface area contributed by atoms with Gasteiger partial charge in [-0.05, 0) is 17.7 Å². The molecule has 1 aromatic carbocycles. The quantitative estimate of drug-likeness (QED) is 0.820. The minimum Gasteiger partial charge on any atom is -0.478 e. The number of nitrogens with zero attached hydrogens (tertiary/aromatic N) is 2. The van der Waals surface area contributed by atoms with E-state index in [1.165, 1.54) is 6.07 Å². The fourth-order valence-electron chi connectivity index (χ4n) is 1.86. The number of rotatable bonds is 6. The van der Waals surface area contributed by atoms with Gasteiger partial charge in [0.2, 0.25) is 5.91 Å². The van der Waals surface area contributed by atoms with E-state index in [4.69, 9.17) is 5.11 Å². The Morgan fingerprint density at radius 3 is 2.75 bits per heavy atom. The van der Waals surface area contributed by atoms with Crippen LogP contribution in [0.1, 0.15) is 15.9 Å². The van der Waals surface area contributed by atoms with Gasteiger partial charge in [-0.1, -0.05) is 18.2 Å². The van der Waals surface area contributed by atoms with E-state index in [1.54, 1.807) is 29.1 Å². The van der Waals surface area contributed by atoms with Gasteiger partial charge in [-0.15, -0.1) is 0 Å². The first-order valence-corrected chi connectivity index (χ1v) is 6.22. The molecule has 6 heteroatoms. The SMILES string of the molecule is O=C(Cc1ccccc1C(=O)O)NCCn1cccn1. The van der Waals surface area contributed by atoms with E-state index in [1.807, 2.05) is 12.3 Å². The lowest BCUT2D eigenvalue weighted by atomic mass is 10.0. The van der Waals surface area contributed by atoms with E-state index in [2.05, 4.69) is 10.4 Å². The first-order chi connectivity index (χ1) is 9.66. The molecule has 0 bridgehead atoms. The van der Waals surface area contributed by atoms with E-state index >= 15 is 0 Å². The number of carbonyl (C=O) groups excluding carboxylic acids is 1. The third-order valence-electron chi connectivity index (χ3n) is 2.82. The molecule has 1 aromatic heterocycles. The van der Waals surface area contributed by atoms with Gasteiger partial charge in [-0.3, -0.25) is 9.48 Å². The van der Waals surface area contributed by atoms with Crippen LogP contribution >= 0.6 is 0 Å². The van der Waals surface area contributed by atoms with Crippen molar-refractivity contribution < 1.29 is 14.7 Å². The van der Waals surface area contributed by atoms with Crippen molar-refractivity contribution in [3.63, 3.8) is 0 Å². The average Bonchev–Trinajstić information content (AvgIpc) is 2.92. The summed E-state index contributed by atoms with van der Waals surface area (Å²) < 4.78 is 1.71. The normalized spacial score (nSPS) is 10.2. The molecule has 0 radical (unpaired) electrons. The summed E-state index contributed by atoms with van der Waals surface area (Å²) in [5, 5.41) is 15.8. The van der Waals surface area contributed by atoms with Gasteiger partial charge in [-0.2, -0.15) is 5.10 Å². The Morgan fingerprint density at radius 1 is 1.25 bits per heavy atom. The number of carboxylic acids is 1. The highest BCUT2D eigenvalue weighted by Gasteiger charge is 2.11. The van der Waals surface area contributed by atoms with Crippen LogP contribution in [0.3, 0.4) is 0 Å². The molecule has 104 valence electrons. The number of hydrogen-bond donors (Lipinski definition) is 2. The van der Waals surface area contributed by atoms with Gasteiger partial charge < -0.3 is 10.4 Å². The van der Waals surface area contributed by atoms with Gasteiger partial charge in [-0.25, -0.2) is 4.79 Å². The third kappa shape index (κ3) is 3.68. The molecule has 20 heavy (non-hydrogen) atoms. The molecule has 2 N–H and O–H groups in total. The van der Waals surface area contributed by atoms with Crippen molar-refractivity contribution in [1.29, 1.82) is 0 Å². The number of nitrogens with one attached hydrogen (secondary N) is 1. The molecule has 0 saturated carbocycles. The van der Waals surface area contributed by atoms with Crippen LogP contribution in [0.25, 0.3) is 0 Å². The molecule has 1 heterocycles. The van der Waals surface area contributed by atoms with Crippen molar-refractivity contribution >= 4 is 11.9 Å². The summed E-state index contributed by atoms with van der Waals surface area (Å²) >= 11 is 0. The summed E-state index contributed by atoms with van der Waals surface area (Å²) in [6.45, 7) is 1.04. The van der Waals surface area contributed by atoms with Crippen LogP contribution in [0.4, 0.5) is 0 Å². The Bertz CT molecular complexity index is 593. The van der Waals surface area contributed by atoms with Gasteiger partial charge >= 0.3 is 5.97 Å². The number of hydrogen-bond acceptors (Lipinski definition) is 3. The second-order valence-corrected chi connectivity index (χ2v) is 4.26. The standard InChI is InChI=1S/C14H15N3O3/c18-13(15-7-9-17-8-3-6-16-17)10-11-4-1-2-5-12(11)14(19)20/h1-6,8H,7,9-10H2,(H,15,18)(H,19,20). The van der Waals surface area contributed by atoms with Crippen LogP contribution in [-0.4, -0.2) is 33.3 Å². The van der Waals surface area contributed by atoms with Crippen LogP contribution in [0.15, 0.2) is 42.7 Å². The smallest absolute Gasteiger partial charge is 0.335 e. The Morgan fingerprint density at radius 2 is 2.05 bits per heavy atom. The highest BCUT2D eigenvalue weighted by atomic mass is 16.4. The Hall–Kier alpha value is -2.63. The summed E-state index contributed by atoms with van der Waals surface area (Å²) in [5.74, 6) is -1.23. The highest BCUT2D eigenvalue weighted by Crippen LogP contribution is 2.09. The Labute approximate surface area is 116 Å². The molecule has 0 aliphatic rings. The van der Waals surface area contributed by atoms with Crippen LogP contribution in [0.2, 0.25) is 0 Å². The van der Waals surface area contributed by atoms with Crippen molar-refractivity contribution in [2.24, 2.45) is 0 Å². The van der Waals surface area contributed by atoms with Gasteiger partial charge in [0.15, 0.2) is 0 Å². The second-order valence-electron chi connectivity index (χ2n) is 4.26. The van der Waals surface area contributed by atoms with Crippen LogP contribution in [-0.2, 0) is 17.8 Å². The zero-order chi connectivity index (χ0) is 14.4. The molecule has 0 aliphatic carbocycles. The van der Waals surface area contributed by atoms with E-state index in [-0.39, 0.29) is 17.9 Å². The number of amides is 1. The van der Waals surface area contributed by atoms with E-state index in [0.29, 0.717) is 18.7 Å². The molecule has 0 spiro atoms.